The van der Waals surface area contributed by atoms with Crippen molar-refractivity contribution in [2.24, 2.45) is 0 Å². The van der Waals surface area contributed by atoms with Gasteiger partial charge in [0.25, 0.3) is 0 Å². The molecular weight excluding hydrogens is 377 g/mol. The Labute approximate surface area is 138 Å². The first-order valence-corrected chi connectivity index (χ1v) is 8.17. The molecule has 1 unspecified atom stereocenters. The predicted octanol–water partition coefficient (Wildman–Crippen LogP) is 3.51. The fourth-order valence-corrected chi connectivity index (χ4v) is 3.42. The first kappa shape index (κ1) is 14.6. The maximum absolute atomic E-state index is 6.06. The highest BCUT2D eigenvalue weighted by molar-refractivity contribution is 14.1. The Hall–Kier alpha value is -1.37. The van der Waals surface area contributed by atoms with Crippen molar-refractivity contribution in [1.82, 2.24) is 9.97 Å². The van der Waals surface area contributed by atoms with E-state index in [1.807, 2.05) is 18.2 Å². The number of nitrogens with two attached hydrogens (primary N) is 1. The summed E-state index contributed by atoms with van der Waals surface area (Å²) in [6.07, 6.45) is 0.897. The van der Waals surface area contributed by atoms with E-state index in [0.717, 1.165) is 27.3 Å². The molecule has 1 aromatic heterocycles. The lowest BCUT2D eigenvalue weighted by Crippen LogP contribution is -2.22. The third-order valence-electron chi connectivity index (χ3n) is 3.71. The van der Waals surface area contributed by atoms with Crippen LogP contribution < -0.4 is 10.5 Å². The maximum atomic E-state index is 6.06. The number of benzene rings is 1. The van der Waals surface area contributed by atoms with Gasteiger partial charge in [-0.2, -0.15) is 0 Å². The van der Waals surface area contributed by atoms with Crippen molar-refractivity contribution in [3.63, 3.8) is 0 Å². The normalized spacial score (nSPS) is 17.4. The van der Waals surface area contributed by atoms with Gasteiger partial charge in [0.2, 0.25) is 0 Å². The molecule has 0 saturated carbocycles. The summed E-state index contributed by atoms with van der Waals surface area (Å²) in [4.78, 5) is 9.24. The highest BCUT2D eigenvalue weighted by Crippen LogP contribution is 2.32. The Bertz CT molecular complexity index is 673. The molecule has 21 heavy (non-hydrogen) atoms. The van der Waals surface area contributed by atoms with Crippen molar-refractivity contribution in [3.05, 3.63) is 44.9 Å². The van der Waals surface area contributed by atoms with Gasteiger partial charge in [-0.15, -0.1) is 0 Å². The number of hydrogen-bond acceptors (Lipinski definition) is 4. The van der Waals surface area contributed by atoms with Crippen molar-refractivity contribution in [3.8, 4) is 5.75 Å². The quantitative estimate of drug-likeness (QED) is 0.791. The van der Waals surface area contributed by atoms with Crippen molar-refractivity contribution >= 4 is 28.4 Å². The number of nitrogens with zero attached hydrogens (tertiary/aromatic N) is 2. The van der Waals surface area contributed by atoms with Gasteiger partial charge in [-0.25, -0.2) is 9.97 Å². The molecule has 2 heterocycles. The molecule has 0 fully saturated rings. The lowest BCUT2D eigenvalue weighted by atomic mass is 9.95. The molecule has 3 rings (SSSR count). The summed E-state index contributed by atoms with van der Waals surface area (Å²) in [5.74, 6) is 2.83. The van der Waals surface area contributed by atoms with Crippen molar-refractivity contribution in [2.75, 3.05) is 12.3 Å². The van der Waals surface area contributed by atoms with Gasteiger partial charge in [0.1, 0.15) is 17.4 Å². The van der Waals surface area contributed by atoms with E-state index in [9.17, 15) is 0 Å². The molecule has 1 aromatic carbocycles. The van der Waals surface area contributed by atoms with Gasteiger partial charge in [-0.1, -0.05) is 32.0 Å². The Morgan fingerprint density at radius 3 is 2.81 bits per heavy atom. The molecule has 2 aromatic rings. The molecule has 1 aliphatic heterocycles. The van der Waals surface area contributed by atoms with Crippen molar-refractivity contribution in [1.29, 1.82) is 0 Å². The third-order valence-corrected chi connectivity index (χ3v) is 4.82. The Morgan fingerprint density at radius 1 is 1.29 bits per heavy atom. The van der Waals surface area contributed by atoms with Crippen LogP contribution in [0.1, 0.15) is 42.8 Å². The van der Waals surface area contributed by atoms with E-state index < -0.39 is 0 Å². The van der Waals surface area contributed by atoms with Gasteiger partial charge < -0.3 is 10.5 Å². The Morgan fingerprint density at radius 2 is 2.05 bits per heavy atom. The van der Waals surface area contributed by atoms with E-state index in [1.54, 1.807) is 0 Å². The number of hydrogen-bond donors (Lipinski definition) is 1. The molecule has 0 saturated heterocycles. The lowest BCUT2D eigenvalue weighted by molar-refractivity contribution is 0.257. The average Bonchev–Trinajstić information content (AvgIpc) is 2.49. The summed E-state index contributed by atoms with van der Waals surface area (Å²) < 4.78 is 6.80. The topological polar surface area (TPSA) is 61.0 Å². The summed E-state index contributed by atoms with van der Waals surface area (Å²) in [5, 5.41) is 0. The fourth-order valence-electron chi connectivity index (χ4n) is 2.56. The van der Waals surface area contributed by atoms with Crippen LogP contribution in [0.25, 0.3) is 0 Å². The Balaban J connectivity index is 1.95. The van der Waals surface area contributed by atoms with Gasteiger partial charge in [0, 0.05) is 0 Å². The SMILES string of the molecule is CC(C)c1nc(C2COc3ccccc3C2)nc(N)c1I. The van der Waals surface area contributed by atoms with Crippen molar-refractivity contribution < 1.29 is 4.74 Å². The molecular formula is C16H18IN3O. The van der Waals surface area contributed by atoms with E-state index >= 15 is 0 Å². The van der Waals surface area contributed by atoms with E-state index in [1.165, 1.54) is 5.56 Å². The minimum atomic E-state index is 0.164. The summed E-state index contributed by atoms with van der Waals surface area (Å²) in [6.45, 7) is 4.86. The fraction of sp³-hybridized carbons (Fsp3) is 0.375. The van der Waals surface area contributed by atoms with Crippen LogP contribution in [0.2, 0.25) is 0 Å². The minimum Gasteiger partial charge on any atom is -0.493 e. The van der Waals surface area contributed by atoms with E-state index in [0.29, 0.717) is 18.3 Å². The van der Waals surface area contributed by atoms with E-state index in [-0.39, 0.29) is 5.92 Å². The van der Waals surface area contributed by atoms with Crippen LogP contribution in [0.5, 0.6) is 5.75 Å². The molecule has 2 N–H and O–H groups in total. The lowest BCUT2D eigenvalue weighted by Gasteiger charge is -2.25. The van der Waals surface area contributed by atoms with Crippen LogP contribution >= 0.6 is 22.6 Å². The van der Waals surface area contributed by atoms with E-state index in [2.05, 4.69) is 47.5 Å². The van der Waals surface area contributed by atoms with E-state index in [4.69, 9.17) is 15.5 Å². The number of aromatic nitrogens is 2. The molecule has 0 radical (unpaired) electrons. The molecule has 1 aliphatic rings. The Kier molecular flexibility index (Phi) is 4.01. The zero-order valence-electron chi connectivity index (χ0n) is 12.1. The van der Waals surface area contributed by atoms with Gasteiger partial charge in [-0.3, -0.25) is 0 Å². The third kappa shape index (κ3) is 2.84. The van der Waals surface area contributed by atoms with Crippen LogP contribution in [0, 0.1) is 3.57 Å². The molecule has 0 aliphatic carbocycles. The first-order chi connectivity index (χ1) is 10.1. The molecule has 4 nitrogen and oxygen atoms in total. The second-order valence-corrected chi connectivity index (χ2v) is 6.72. The second-order valence-electron chi connectivity index (χ2n) is 5.64. The van der Waals surface area contributed by atoms with Crippen molar-refractivity contribution in [2.45, 2.75) is 32.1 Å². The number of fused-ring (bicyclic) bond motifs is 1. The zero-order chi connectivity index (χ0) is 15.0. The molecule has 110 valence electrons. The highest BCUT2D eigenvalue weighted by atomic mass is 127. The summed E-state index contributed by atoms with van der Waals surface area (Å²) in [7, 11) is 0. The van der Waals surface area contributed by atoms with Gasteiger partial charge in [0.05, 0.1) is 21.8 Å². The predicted molar refractivity (Wildman–Crippen MR) is 91.6 cm³/mol. The number of nitrogen functional groups attached to an aromatic ring is 1. The highest BCUT2D eigenvalue weighted by Gasteiger charge is 2.25. The van der Waals surface area contributed by atoms with Gasteiger partial charge in [-0.05, 0) is 46.6 Å². The monoisotopic (exact) mass is 395 g/mol. The smallest absolute Gasteiger partial charge is 0.140 e. The van der Waals surface area contributed by atoms with Crippen LogP contribution in [-0.4, -0.2) is 16.6 Å². The largest absolute Gasteiger partial charge is 0.493 e. The molecule has 5 heteroatoms. The number of halogens is 1. The standard InChI is InChI=1S/C16H18IN3O/c1-9(2)14-13(17)15(18)20-16(19-14)11-7-10-5-3-4-6-12(10)21-8-11/h3-6,9,11H,7-8H2,1-2H3,(H2,18,19,20). The minimum absolute atomic E-state index is 0.164. The zero-order valence-corrected chi connectivity index (χ0v) is 14.3. The van der Waals surface area contributed by atoms with Gasteiger partial charge in [0.15, 0.2) is 0 Å². The van der Waals surface area contributed by atoms with Gasteiger partial charge >= 0.3 is 0 Å². The van der Waals surface area contributed by atoms with Crippen LogP contribution in [0.15, 0.2) is 24.3 Å². The number of ether oxygens (including phenoxy) is 1. The second kappa shape index (κ2) is 5.79. The summed E-state index contributed by atoms with van der Waals surface area (Å²) in [5.41, 5.74) is 8.29. The maximum Gasteiger partial charge on any atom is 0.140 e. The summed E-state index contributed by atoms with van der Waals surface area (Å²) >= 11 is 2.23. The van der Waals surface area contributed by atoms with Crippen LogP contribution in [-0.2, 0) is 6.42 Å². The van der Waals surface area contributed by atoms with Crippen LogP contribution in [0.3, 0.4) is 0 Å². The molecule has 1 atom stereocenters. The van der Waals surface area contributed by atoms with Crippen LogP contribution in [0.4, 0.5) is 5.82 Å². The summed E-state index contributed by atoms with van der Waals surface area (Å²) in [6, 6.07) is 8.14. The number of anilines is 1. The average molecular weight is 395 g/mol. The number of para-hydroxylation sites is 1. The number of rotatable bonds is 2. The first-order valence-electron chi connectivity index (χ1n) is 7.09. The molecule has 0 spiro atoms. The molecule has 0 bridgehead atoms. The molecule has 0 amide bonds.